The number of benzene rings is 1. The Bertz CT molecular complexity index is 341. The van der Waals surface area contributed by atoms with E-state index in [-0.39, 0.29) is 11.9 Å². The van der Waals surface area contributed by atoms with Gasteiger partial charge in [-0.1, -0.05) is 12.1 Å². The van der Waals surface area contributed by atoms with E-state index in [0.29, 0.717) is 6.42 Å². The van der Waals surface area contributed by atoms with Gasteiger partial charge in [0.1, 0.15) is 5.82 Å². The molecule has 0 bridgehead atoms. The van der Waals surface area contributed by atoms with Gasteiger partial charge in [-0.3, -0.25) is 0 Å². The second-order valence-corrected chi connectivity index (χ2v) is 3.40. The lowest BCUT2D eigenvalue weighted by Crippen LogP contribution is -2.19. The molecule has 0 saturated heterocycles. The predicted octanol–water partition coefficient (Wildman–Crippen LogP) is 2.34. The molecule has 1 aromatic carbocycles. The summed E-state index contributed by atoms with van der Waals surface area (Å²) in [5, 5.41) is 8.65. The Morgan fingerprint density at radius 2 is 2.21 bits per heavy atom. The Hall–Kier alpha value is -1.40. The standard InChI is InChI=1S/C11H13FN2/c1-14(2)11(6-7-13)9-4-3-5-10(12)8-9/h3-5,8,11H,6H2,1-2H3. The molecule has 0 fully saturated rings. The van der Waals surface area contributed by atoms with Crippen molar-refractivity contribution in [2.75, 3.05) is 14.1 Å². The largest absolute Gasteiger partial charge is 0.301 e. The highest BCUT2D eigenvalue weighted by molar-refractivity contribution is 5.21. The molecule has 0 spiro atoms. The first kappa shape index (κ1) is 10.7. The van der Waals surface area contributed by atoms with Crippen LogP contribution in [0.15, 0.2) is 24.3 Å². The first-order valence-corrected chi connectivity index (χ1v) is 4.44. The molecule has 1 unspecified atom stereocenters. The van der Waals surface area contributed by atoms with Gasteiger partial charge in [0.05, 0.1) is 12.5 Å². The van der Waals surface area contributed by atoms with Crippen LogP contribution in [-0.4, -0.2) is 19.0 Å². The molecule has 14 heavy (non-hydrogen) atoms. The molecule has 0 heterocycles. The third kappa shape index (κ3) is 2.54. The fourth-order valence-electron chi connectivity index (χ4n) is 1.40. The Labute approximate surface area is 83.6 Å². The van der Waals surface area contributed by atoms with Crippen LogP contribution >= 0.6 is 0 Å². The average molecular weight is 192 g/mol. The molecule has 2 nitrogen and oxygen atoms in total. The maximum atomic E-state index is 12.9. The van der Waals surface area contributed by atoms with E-state index in [2.05, 4.69) is 6.07 Å². The number of nitriles is 1. The predicted molar refractivity (Wildman–Crippen MR) is 53.1 cm³/mol. The summed E-state index contributed by atoms with van der Waals surface area (Å²) in [5.74, 6) is -0.257. The third-order valence-electron chi connectivity index (χ3n) is 2.14. The van der Waals surface area contributed by atoms with Gasteiger partial charge in [0.15, 0.2) is 0 Å². The summed E-state index contributed by atoms with van der Waals surface area (Å²) in [6.07, 6.45) is 0.371. The van der Waals surface area contributed by atoms with Crippen molar-refractivity contribution in [1.29, 1.82) is 5.26 Å². The Morgan fingerprint density at radius 3 is 2.71 bits per heavy atom. The maximum Gasteiger partial charge on any atom is 0.123 e. The third-order valence-corrected chi connectivity index (χ3v) is 2.14. The highest BCUT2D eigenvalue weighted by atomic mass is 19.1. The molecular weight excluding hydrogens is 179 g/mol. The van der Waals surface area contributed by atoms with Crippen LogP contribution in [-0.2, 0) is 0 Å². The van der Waals surface area contributed by atoms with E-state index >= 15 is 0 Å². The monoisotopic (exact) mass is 192 g/mol. The van der Waals surface area contributed by atoms with Crippen LogP contribution in [0.2, 0.25) is 0 Å². The van der Waals surface area contributed by atoms with E-state index < -0.39 is 0 Å². The van der Waals surface area contributed by atoms with E-state index in [1.54, 1.807) is 6.07 Å². The van der Waals surface area contributed by atoms with Crippen molar-refractivity contribution >= 4 is 0 Å². The first-order valence-electron chi connectivity index (χ1n) is 4.44. The van der Waals surface area contributed by atoms with Crippen LogP contribution in [0.3, 0.4) is 0 Å². The van der Waals surface area contributed by atoms with Crippen molar-refractivity contribution in [3.63, 3.8) is 0 Å². The summed E-state index contributed by atoms with van der Waals surface area (Å²) < 4.78 is 12.9. The second-order valence-electron chi connectivity index (χ2n) is 3.40. The smallest absolute Gasteiger partial charge is 0.123 e. The van der Waals surface area contributed by atoms with Crippen molar-refractivity contribution < 1.29 is 4.39 Å². The minimum absolute atomic E-state index is 0.0318. The highest BCUT2D eigenvalue weighted by Crippen LogP contribution is 2.21. The normalized spacial score (nSPS) is 12.5. The minimum atomic E-state index is -0.257. The van der Waals surface area contributed by atoms with Crippen LogP contribution in [0.5, 0.6) is 0 Å². The molecule has 0 aliphatic heterocycles. The van der Waals surface area contributed by atoms with Crippen molar-refractivity contribution in [3.05, 3.63) is 35.6 Å². The number of halogens is 1. The van der Waals surface area contributed by atoms with Gasteiger partial charge < -0.3 is 4.90 Å². The molecule has 0 saturated carbocycles. The lowest BCUT2D eigenvalue weighted by Gasteiger charge is -2.21. The van der Waals surface area contributed by atoms with E-state index in [1.807, 2.05) is 25.1 Å². The summed E-state index contributed by atoms with van der Waals surface area (Å²) in [4.78, 5) is 1.91. The summed E-state index contributed by atoms with van der Waals surface area (Å²) >= 11 is 0. The van der Waals surface area contributed by atoms with Gasteiger partial charge in [0.2, 0.25) is 0 Å². The zero-order chi connectivity index (χ0) is 10.6. The molecule has 1 rings (SSSR count). The molecule has 0 aliphatic rings. The lowest BCUT2D eigenvalue weighted by atomic mass is 10.0. The van der Waals surface area contributed by atoms with Crippen LogP contribution < -0.4 is 0 Å². The van der Waals surface area contributed by atoms with Gasteiger partial charge in [-0.25, -0.2) is 4.39 Å². The summed E-state index contributed by atoms with van der Waals surface area (Å²) in [7, 11) is 3.76. The van der Waals surface area contributed by atoms with Crippen LogP contribution in [0.1, 0.15) is 18.0 Å². The van der Waals surface area contributed by atoms with Gasteiger partial charge in [-0.15, -0.1) is 0 Å². The average Bonchev–Trinajstić information content (AvgIpc) is 2.13. The van der Waals surface area contributed by atoms with Crippen LogP contribution in [0.25, 0.3) is 0 Å². The number of rotatable bonds is 3. The topological polar surface area (TPSA) is 27.0 Å². The highest BCUT2D eigenvalue weighted by Gasteiger charge is 2.13. The molecule has 1 aromatic rings. The Balaban J connectivity index is 2.94. The molecule has 0 N–H and O–H groups in total. The van der Waals surface area contributed by atoms with E-state index in [9.17, 15) is 4.39 Å². The van der Waals surface area contributed by atoms with Gasteiger partial charge >= 0.3 is 0 Å². The van der Waals surface area contributed by atoms with E-state index in [1.165, 1.54) is 12.1 Å². The summed E-state index contributed by atoms with van der Waals surface area (Å²) in [6, 6.07) is 8.45. The molecule has 74 valence electrons. The quantitative estimate of drug-likeness (QED) is 0.735. The SMILES string of the molecule is CN(C)C(CC#N)c1cccc(F)c1. The molecule has 1 atom stereocenters. The zero-order valence-corrected chi connectivity index (χ0v) is 8.37. The Morgan fingerprint density at radius 1 is 1.50 bits per heavy atom. The maximum absolute atomic E-state index is 12.9. The Kier molecular flexibility index (Phi) is 3.61. The summed E-state index contributed by atoms with van der Waals surface area (Å²) in [6.45, 7) is 0. The molecule has 0 amide bonds. The van der Waals surface area contributed by atoms with Crippen molar-refractivity contribution in [2.45, 2.75) is 12.5 Å². The van der Waals surface area contributed by atoms with Gasteiger partial charge in [0, 0.05) is 6.04 Å². The minimum Gasteiger partial charge on any atom is -0.301 e. The van der Waals surface area contributed by atoms with Crippen molar-refractivity contribution in [1.82, 2.24) is 4.90 Å². The fraction of sp³-hybridized carbons (Fsp3) is 0.364. The number of hydrogen-bond donors (Lipinski definition) is 0. The van der Waals surface area contributed by atoms with E-state index in [4.69, 9.17) is 5.26 Å². The van der Waals surface area contributed by atoms with Gasteiger partial charge in [0.25, 0.3) is 0 Å². The second kappa shape index (κ2) is 4.73. The number of hydrogen-bond acceptors (Lipinski definition) is 2. The number of nitrogens with zero attached hydrogens (tertiary/aromatic N) is 2. The molecule has 0 aromatic heterocycles. The van der Waals surface area contributed by atoms with Crippen molar-refractivity contribution in [2.24, 2.45) is 0 Å². The molecular formula is C11H13FN2. The first-order chi connectivity index (χ1) is 6.65. The molecule has 0 radical (unpaired) electrons. The molecule has 3 heteroatoms. The van der Waals surface area contributed by atoms with Crippen LogP contribution in [0.4, 0.5) is 4.39 Å². The van der Waals surface area contributed by atoms with Crippen molar-refractivity contribution in [3.8, 4) is 6.07 Å². The zero-order valence-electron chi connectivity index (χ0n) is 8.37. The van der Waals surface area contributed by atoms with Gasteiger partial charge in [-0.2, -0.15) is 5.26 Å². The van der Waals surface area contributed by atoms with Gasteiger partial charge in [-0.05, 0) is 31.8 Å². The molecule has 0 aliphatic carbocycles. The lowest BCUT2D eigenvalue weighted by molar-refractivity contribution is 0.303. The van der Waals surface area contributed by atoms with E-state index in [0.717, 1.165) is 5.56 Å². The summed E-state index contributed by atoms with van der Waals surface area (Å²) in [5.41, 5.74) is 0.844. The van der Waals surface area contributed by atoms with Crippen LogP contribution in [0, 0.1) is 17.1 Å². The fourth-order valence-corrected chi connectivity index (χ4v) is 1.40.